The minimum absolute atomic E-state index is 0.0342. The van der Waals surface area contributed by atoms with E-state index in [1.165, 1.54) is 24.8 Å². The lowest BCUT2D eigenvalue weighted by atomic mass is 9.79. The van der Waals surface area contributed by atoms with Gasteiger partial charge >= 0.3 is 0 Å². The molecule has 0 amide bonds. The number of aryl methyl sites for hydroxylation is 1. The van der Waals surface area contributed by atoms with Gasteiger partial charge in [0.2, 0.25) is 0 Å². The Bertz CT molecular complexity index is 638. The first kappa shape index (κ1) is 16.1. The van der Waals surface area contributed by atoms with Crippen LogP contribution in [0, 0.1) is 6.92 Å². The Kier molecular flexibility index (Phi) is 4.76. The standard InChI is InChI=1S/C18H27N5/c1-4-22(5-2)18(13-9-6-10-14-18)17-19-20-21-23(17)16-12-8-7-11-15(16)3/h7-8,11-12H,4-6,9-10,13-14H2,1-3H3. The fraction of sp³-hybridized carbons (Fsp3) is 0.611. The maximum atomic E-state index is 4.51. The van der Waals surface area contributed by atoms with Crippen molar-refractivity contribution >= 4 is 0 Å². The van der Waals surface area contributed by atoms with Gasteiger partial charge in [-0.1, -0.05) is 51.3 Å². The number of para-hydroxylation sites is 1. The highest BCUT2D eigenvalue weighted by Crippen LogP contribution is 2.41. The zero-order valence-corrected chi connectivity index (χ0v) is 14.5. The quantitative estimate of drug-likeness (QED) is 0.848. The number of hydrogen-bond donors (Lipinski definition) is 0. The van der Waals surface area contributed by atoms with Gasteiger partial charge in [0.1, 0.15) is 0 Å². The van der Waals surface area contributed by atoms with E-state index < -0.39 is 0 Å². The molecular formula is C18H27N5. The highest BCUT2D eigenvalue weighted by molar-refractivity contribution is 5.40. The number of rotatable bonds is 5. The second-order valence-electron chi connectivity index (χ2n) is 6.47. The van der Waals surface area contributed by atoms with Crippen molar-refractivity contribution in [3.63, 3.8) is 0 Å². The molecule has 1 fully saturated rings. The zero-order valence-electron chi connectivity index (χ0n) is 14.5. The van der Waals surface area contributed by atoms with Gasteiger partial charge in [0, 0.05) is 0 Å². The molecule has 124 valence electrons. The van der Waals surface area contributed by atoms with Crippen molar-refractivity contribution in [3.05, 3.63) is 35.7 Å². The first-order valence-electron chi connectivity index (χ1n) is 8.83. The maximum Gasteiger partial charge on any atom is 0.176 e. The van der Waals surface area contributed by atoms with Crippen LogP contribution in [0.25, 0.3) is 5.69 Å². The molecule has 1 aliphatic rings. The van der Waals surface area contributed by atoms with E-state index in [4.69, 9.17) is 0 Å². The molecule has 23 heavy (non-hydrogen) atoms. The largest absolute Gasteiger partial charge is 0.291 e. The normalized spacial score (nSPS) is 17.6. The number of nitrogens with zero attached hydrogens (tertiary/aromatic N) is 5. The van der Waals surface area contributed by atoms with Gasteiger partial charge in [0.05, 0.1) is 11.2 Å². The lowest BCUT2D eigenvalue weighted by Gasteiger charge is -2.44. The Morgan fingerprint density at radius 3 is 2.43 bits per heavy atom. The molecule has 5 heteroatoms. The fourth-order valence-corrected chi connectivity index (χ4v) is 4.09. The molecule has 1 aliphatic carbocycles. The molecule has 1 aromatic heterocycles. The number of hydrogen-bond acceptors (Lipinski definition) is 4. The van der Waals surface area contributed by atoms with Crippen molar-refractivity contribution in [1.29, 1.82) is 0 Å². The maximum absolute atomic E-state index is 4.51. The predicted octanol–water partition coefficient (Wildman–Crippen LogP) is 3.47. The molecule has 5 nitrogen and oxygen atoms in total. The van der Waals surface area contributed by atoms with Crippen LogP contribution in [0.15, 0.2) is 24.3 Å². The van der Waals surface area contributed by atoms with E-state index in [0.717, 1.165) is 37.4 Å². The van der Waals surface area contributed by atoms with E-state index in [2.05, 4.69) is 65.5 Å². The minimum Gasteiger partial charge on any atom is -0.291 e. The molecule has 1 heterocycles. The molecule has 1 saturated carbocycles. The summed E-state index contributed by atoms with van der Waals surface area (Å²) in [7, 11) is 0. The van der Waals surface area contributed by atoms with Crippen LogP contribution in [-0.4, -0.2) is 38.2 Å². The highest BCUT2D eigenvalue weighted by atomic mass is 15.6. The molecule has 2 aromatic rings. The van der Waals surface area contributed by atoms with Gasteiger partial charge in [-0.25, -0.2) is 0 Å². The van der Waals surface area contributed by atoms with Gasteiger partial charge < -0.3 is 0 Å². The summed E-state index contributed by atoms with van der Waals surface area (Å²) in [5.74, 6) is 1.01. The predicted molar refractivity (Wildman–Crippen MR) is 91.6 cm³/mol. The third-order valence-electron chi connectivity index (χ3n) is 5.28. The summed E-state index contributed by atoms with van der Waals surface area (Å²) in [6, 6.07) is 8.34. The second-order valence-corrected chi connectivity index (χ2v) is 6.47. The minimum atomic E-state index is -0.0342. The van der Waals surface area contributed by atoms with E-state index >= 15 is 0 Å². The third-order valence-corrected chi connectivity index (χ3v) is 5.28. The first-order valence-corrected chi connectivity index (χ1v) is 8.83. The van der Waals surface area contributed by atoms with Crippen LogP contribution < -0.4 is 0 Å². The SMILES string of the molecule is CCN(CC)C1(c2nnnn2-c2ccccc2C)CCCCC1. The Hall–Kier alpha value is -1.75. The number of benzene rings is 1. The smallest absolute Gasteiger partial charge is 0.176 e. The Balaban J connectivity index is 2.12. The van der Waals surface area contributed by atoms with Crippen LogP contribution in [0.1, 0.15) is 57.3 Å². The zero-order chi connectivity index (χ0) is 16.3. The van der Waals surface area contributed by atoms with Gasteiger partial charge in [-0.2, -0.15) is 4.68 Å². The van der Waals surface area contributed by atoms with Crippen LogP contribution in [0.2, 0.25) is 0 Å². The van der Waals surface area contributed by atoms with Crippen LogP contribution in [-0.2, 0) is 5.54 Å². The molecule has 0 radical (unpaired) electrons. The molecule has 1 aromatic carbocycles. The molecule has 0 aliphatic heterocycles. The van der Waals surface area contributed by atoms with Crippen molar-refractivity contribution < 1.29 is 0 Å². The van der Waals surface area contributed by atoms with E-state index in [0.29, 0.717) is 0 Å². The summed E-state index contributed by atoms with van der Waals surface area (Å²) >= 11 is 0. The van der Waals surface area contributed by atoms with Gasteiger partial charge in [-0.3, -0.25) is 4.90 Å². The lowest BCUT2D eigenvalue weighted by Crippen LogP contribution is -2.49. The average Bonchev–Trinajstić information content (AvgIpc) is 3.07. The van der Waals surface area contributed by atoms with Crippen LogP contribution in [0.5, 0.6) is 0 Å². The Morgan fingerprint density at radius 2 is 1.78 bits per heavy atom. The van der Waals surface area contributed by atoms with Gasteiger partial charge in [0.25, 0.3) is 0 Å². The van der Waals surface area contributed by atoms with Crippen molar-refractivity contribution in [2.75, 3.05) is 13.1 Å². The number of aromatic nitrogens is 4. The Morgan fingerprint density at radius 1 is 1.09 bits per heavy atom. The molecule has 0 bridgehead atoms. The van der Waals surface area contributed by atoms with Crippen LogP contribution in [0.4, 0.5) is 0 Å². The summed E-state index contributed by atoms with van der Waals surface area (Å²) in [6.45, 7) is 8.64. The Labute approximate surface area is 138 Å². The molecule has 0 unspecified atom stereocenters. The molecule has 0 atom stereocenters. The fourth-order valence-electron chi connectivity index (χ4n) is 4.09. The van der Waals surface area contributed by atoms with Crippen molar-refractivity contribution in [2.24, 2.45) is 0 Å². The van der Waals surface area contributed by atoms with Crippen LogP contribution in [0.3, 0.4) is 0 Å². The third kappa shape index (κ3) is 2.78. The summed E-state index contributed by atoms with van der Waals surface area (Å²) in [4.78, 5) is 2.55. The molecule has 0 saturated heterocycles. The molecule has 3 rings (SSSR count). The summed E-state index contributed by atoms with van der Waals surface area (Å²) < 4.78 is 1.97. The second kappa shape index (κ2) is 6.79. The molecule has 0 N–H and O–H groups in total. The molecule has 0 spiro atoms. The molecular weight excluding hydrogens is 286 g/mol. The summed E-state index contributed by atoms with van der Waals surface area (Å²) in [6.07, 6.45) is 6.09. The summed E-state index contributed by atoms with van der Waals surface area (Å²) in [5.41, 5.74) is 2.25. The monoisotopic (exact) mass is 313 g/mol. The summed E-state index contributed by atoms with van der Waals surface area (Å²) in [5, 5.41) is 12.9. The van der Waals surface area contributed by atoms with Crippen molar-refractivity contribution in [2.45, 2.75) is 58.4 Å². The van der Waals surface area contributed by atoms with Gasteiger partial charge in [0.15, 0.2) is 5.82 Å². The van der Waals surface area contributed by atoms with Gasteiger partial charge in [-0.15, -0.1) is 5.10 Å². The number of tetrazole rings is 1. The first-order chi connectivity index (χ1) is 11.2. The highest BCUT2D eigenvalue weighted by Gasteiger charge is 2.43. The van der Waals surface area contributed by atoms with Gasteiger partial charge in [-0.05, 0) is 54.9 Å². The van der Waals surface area contributed by atoms with Crippen LogP contribution >= 0.6 is 0 Å². The average molecular weight is 313 g/mol. The lowest BCUT2D eigenvalue weighted by molar-refractivity contribution is 0.0463. The topological polar surface area (TPSA) is 46.8 Å². The van der Waals surface area contributed by atoms with E-state index in [9.17, 15) is 0 Å². The van der Waals surface area contributed by atoms with E-state index in [-0.39, 0.29) is 5.54 Å². The van der Waals surface area contributed by atoms with E-state index in [1.807, 2.05) is 4.68 Å². The van der Waals surface area contributed by atoms with Crippen molar-refractivity contribution in [3.8, 4) is 5.69 Å². The van der Waals surface area contributed by atoms with Crippen molar-refractivity contribution in [1.82, 2.24) is 25.1 Å². The van der Waals surface area contributed by atoms with E-state index in [1.54, 1.807) is 0 Å².